The summed E-state index contributed by atoms with van der Waals surface area (Å²) in [6.45, 7) is 0. The van der Waals surface area contributed by atoms with Gasteiger partial charge in [0.2, 0.25) is 0 Å². The maximum absolute atomic E-state index is 6.77. The van der Waals surface area contributed by atoms with Crippen LogP contribution in [0.5, 0.6) is 11.5 Å². The minimum Gasteiger partial charge on any atom is -0.457 e. The first-order chi connectivity index (χ1) is 25.3. The summed E-state index contributed by atoms with van der Waals surface area (Å²) in [6.07, 6.45) is 0. The first-order valence-electron chi connectivity index (χ1n) is 17.0. The van der Waals surface area contributed by atoms with Gasteiger partial charge in [-0.05, 0) is 47.5 Å². The van der Waals surface area contributed by atoms with Crippen molar-refractivity contribution in [1.82, 2.24) is 15.0 Å². The van der Waals surface area contributed by atoms with Gasteiger partial charge in [0, 0.05) is 38.6 Å². The summed E-state index contributed by atoms with van der Waals surface area (Å²) in [5, 5.41) is 2.07. The Kier molecular flexibility index (Phi) is 6.64. The van der Waals surface area contributed by atoms with Crippen LogP contribution in [0.15, 0.2) is 180 Å². The van der Waals surface area contributed by atoms with Gasteiger partial charge >= 0.3 is 0 Å². The summed E-state index contributed by atoms with van der Waals surface area (Å²) in [5.74, 6) is 3.31. The molecule has 0 amide bonds. The quantitative estimate of drug-likeness (QED) is 0.185. The topological polar surface area (TPSA) is 61.0 Å². The van der Waals surface area contributed by atoms with E-state index in [-0.39, 0.29) is 0 Å². The van der Waals surface area contributed by atoms with Gasteiger partial charge in [0.15, 0.2) is 17.5 Å². The van der Waals surface area contributed by atoms with Crippen LogP contribution in [-0.4, -0.2) is 15.0 Å². The Bertz CT molecular complexity index is 2680. The number of nitrogens with zero attached hydrogens (tertiary/aromatic N) is 3. The van der Waals surface area contributed by atoms with Gasteiger partial charge in [-0.25, -0.2) is 15.0 Å². The van der Waals surface area contributed by atoms with E-state index in [0.717, 1.165) is 72.4 Å². The van der Waals surface area contributed by atoms with Crippen molar-refractivity contribution in [1.29, 1.82) is 0 Å². The van der Waals surface area contributed by atoms with Crippen LogP contribution in [0.25, 0.3) is 56.1 Å². The van der Waals surface area contributed by atoms with E-state index in [9.17, 15) is 0 Å². The van der Waals surface area contributed by atoms with E-state index in [1.807, 2.05) is 66.7 Å². The number of rotatable bonds is 5. The number of ether oxygens (including phenoxy) is 1. The maximum atomic E-state index is 6.77. The Morgan fingerprint density at radius 1 is 0.373 bits per heavy atom. The zero-order valence-corrected chi connectivity index (χ0v) is 27.4. The van der Waals surface area contributed by atoms with E-state index >= 15 is 0 Å². The van der Waals surface area contributed by atoms with Crippen LogP contribution in [0, 0.1) is 0 Å². The predicted octanol–water partition coefficient (Wildman–Crippen LogP) is 11.3. The molecule has 9 aromatic rings. The Balaban J connectivity index is 1.19. The maximum Gasteiger partial charge on any atom is 0.164 e. The van der Waals surface area contributed by atoms with Crippen LogP contribution in [0.2, 0.25) is 0 Å². The number of aromatic nitrogens is 3. The third-order valence-corrected chi connectivity index (χ3v) is 9.87. The lowest BCUT2D eigenvalue weighted by atomic mass is 9.63. The molecule has 0 N–H and O–H groups in total. The van der Waals surface area contributed by atoms with E-state index in [4.69, 9.17) is 24.1 Å². The van der Waals surface area contributed by atoms with E-state index < -0.39 is 5.41 Å². The molecule has 0 saturated carbocycles. The van der Waals surface area contributed by atoms with Gasteiger partial charge in [0.25, 0.3) is 0 Å². The van der Waals surface area contributed by atoms with E-state index in [1.54, 1.807) is 0 Å². The van der Waals surface area contributed by atoms with Crippen LogP contribution >= 0.6 is 0 Å². The summed E-state index contributed by atoms with van der Waals surface area (Å²) in [4.78, 5) is 15.2. The second-order valence-corrected chi connectivity index (χ2v) is 12.8. The molecule has 0 atom stereocenters. The molecule has 0 bridgehead atoms. The van der Waals surface area contributed by atoms with Crippen LogP contribution < -0.4 is 4.74 Å². The average Bonchev–Trinajstić information content (AvgIpc) is 3.58. The Hall–Kier alpha value is -6.85. The minimum absolute atomic E-state index is 0.561. The smallest absolute Gasteiger partial charge is 0.164 e. The number of hydrogen-bond donors (Lipinski definition) is 0. The van der Waals surface area contributed by atoms with Crippen molar-refractivity contribution in [2.45, 2.75) is 5.41 Å². The number of furan rings is 1. The molecule has 0 spiro atoms. The monoisotopic (exact) mass is 655 g/mol. The first kappa shape index (κ1) is 29.1. The van der Waals surface area contributed by atoms with Crippen molar-refractivity contribution < 1.29 is 9.15 Å². The fourth-order valence-electron chi connectivity index (χ4n) is 7.57. The molecule has 1 aliphatic rings. The summed E-state index contributed by atoms with van der Waals surface area (Å²) in [5.41, 5.74) is 8.17. The van der Waals surface area contributed by atoms with Crippen LogP contribution in [0.3, 0.4) is 0 Å². The Morgan fingerprint density at radius 2 is 0.902 bits per heavy atom. The molecule has 1 aliphatic heterocycles. The van der Waals surface area contributed by atoms with Gasteiger partial charge in [-0.3, -0.25) is 0 Å². The fraction of sp³-hybridized carbons (Fsp3) is 0.0217. The van der Waals surface area contributed by atoms with Gasteiger partial charge in [0.1, 0.15) is 22.7 Å². The molecule has 5 heteroatoms. The van der Waals surface area contributed by atoms with Gasteiger partial charge in [-0.1, -0.05) is 140 Å². The lowest BCUT2D eigenvalue weighted by Gasteiger charge is -2.41. The molecule has 5 nitrogen and oxygen atoms in total. The lowest BCUT2D eigenvalue weighted by Crippen LogP contribution is -2.34. The Labute approximate surface area is 294 Å². The highest BCUT2D eigenvalue weighted by Gasteiger charge is 2.45. The first-order valence-corrected chi connectivity index (χ1v) is 17.0. The second-order valence-electron chi connectivity index (χ2n) is 12.8. The second kappa shape index (κ2) is 11.6. The molecule has 10 rings (SSSR count). The number of benzene rings is 7. The number of hydrogen-bond acceptors (Lipinski definition) is 5. The van der Waals surface area contributed by atoms with Gasteiger partial charge < -0.3 is 9.15 Å². The number of para-hydroxylation sites is 2. The molecule has 0 radical (unpaired) electrons. The highest BCUT2D eigenvalue weighted by Crippen LogP contribution is 2.55. The predicted molar refractivity (Wildman–Crippen MR) is 202 cm³/mol. The van der Waals surface area contributed by atoms with Crippen LogP contribution in [0.4, 0.5) is 0 Å². The average molecular weight is 656 g/mol. The van der Waals surface area contributed by atoms with Crippen molar-refractivity contribution in [2.24, 2.45) is 0 Å². The van der Waals surface area contributed by atoms with Crippen molar-refractivity contribution in [2.75, 3.05) is 0 Å². The molecule has 7 aromatic carbocycles. The molecule has 0 unspecified atom stereocenters. The molecule has 240 valence electrons. The van der Waals surface area contributed by atoms with E-state index in [0.29, 0.717) is 17.5 Å². The highest BCUT2D eigenvalue weighted by molar-refractivity contribution is 6.06. The van der Waals surface area contributed by atoms with Crippen LogP contribution in [0.1, 0.15) is 22.3 Å². The van der Waals surface area contributed by atoms with Crippen molar-refractivity contribution in [3.05, 3.63) is 198 Å². The normalized spacial score (nSPS) is 13.0. The molecule has 0 aliphatic carbocycles. The van der Waals surface area contributed by atoms with E-state index in [2.05, 4.69) is 109 Å². The molecule has 3 heterocycles. The summed E-state index contributed by atoms with van der Waals surface area (Å²) >= 11 is 0. The van der Waals surface area contributed by atoms with Gasteiger partial charge in [-0.2, -0.15) is 0 Å². The zero-order valence-electron chi connectivity index (χ0n) is 27.4. The van der Waals surface area contributed by atoms with Crippen LogP contribution in [-0.2, 0) is 5.41 Å². The largest absolute Gasteiger partial charge is 0.457 e. The summed E-state index contributed by atoms with van der Waals surface area (Å²) in [6, 6.07) is 60.3. The molecule has 51 heavy (non-hydrogen) atoms. The summed E-state index contributed by atoms with van der Waals surface area (Å²) in [7, 11) is 0. The van der Waals surface area contributed by atoms with Gasteiger partial charge in [0.05, 0.1) is 5.41 Å². The van der Waals surface area contributed by atoms with Crippen molar-refractivity contribution in [3.8, 4) is 45.7 Å². The standard InChI is InChI=1S/C46H29N3O2/c1-4-14-30(15-5-1)43-47-44(31-25-27-40-36(28-31)35-20-10-12-22-39(35)50-40)49-45(48-43)32-24-26-38-42(29-32)51-41-23-13-11-21-37(41)46(38,33-16-6-2-7-17-33)34-18-8-3-9-19-34/h1-29H. The number of fused-ring (bicyclic) bond motifs is 5. The SMILES string of the molecule is c1ccc(-c2nc(-c3ccc4c(c3)Oc3ccccc3C4(c3ccccc3)c3ccccc3)nc(-c3ccc4oc5ccccc5c4c3)n2)cc1. The van der Waals surface area contributed by atoms with Crippen molar-refractivity contribution >= 4 is 21.9 Å². The Morgan fingerprint density at radius 3 is 1.63 bits per heavy atom. The lowest BCUT2D eigenvalue weighted by molar-refractivity contribution is 0.434. The zero-order chi connectivity index (χ0) is 33.8. The fourth-order valence-corrected chi connectivity index (χ4v) is 7.57. The minimum atomic E-state index is -0.604. The summed E-state index contributed by atoms with van der Waals surface area (Å²) < 4.78 is 12.9. The molecule has 2 aromatic heterocycles. The molecular formula is C46H29N3O2. The van der Waals surface area contributed by atoms with Crippen molar-refractivity contribution in [3.63, 3.8) is 0 Å². The molecule has 0 fully saturated rings. The molecule has 0 saturated heterocycles. The molecular weight excluding hydrogens is 627 g/mol. The highest BCUT2D eigenvalue weighted by atomic mass is 16.5. The third-order valence-electron chi connectivity index (χ3n) is 9.87. The third kappa shape index (κ3) is 4.67. The van der Waals surface area contributed by atoms with E-state index in [1.165, 1.54) is 0 Å². The van der Waals surface area contributed by atoms with Gasteiger partial charge in [-0.15, -0.1) is 0 Å².